The van der Waals surface area contributed by atoms with Gasteiger partial charge in [0.2, 0.25) is 0 Å². The van der Waals surface area contributed by atoms with Gasteiger partial charge >= 0.3 is 6.03 Å². The number of benzene rings is 1. The van der Waals surface area contributed by atoms with Crippen molar-refractivity contribution in [1.82, 2.24) is 5.32 Å². The third-order valence-corrected chi connectivity index (χ3v) is 3.46. The quantitative estimate of drug-likeness (QED) is 0.806. The van der Waals surface area contributed by atoms with Crippen LogP contribution in [0.25, 0.3) is 0 Å². The molecule has 2 amide bonds. The second kappa shape index (κ2) is 5.21. The van der Waals surface area contributed by atoms with Gasteiger partial charge in [-0.15, -0.1) is 0 Å². The van der Waals surface area contributed by atoms with Crippen molar-refractivity contribution in [2.45, 2.75) is 45.6 Å². The number of aryl methyl sites for hydroxylation is 2. The molecule has 0 aliphatic heterocycles. The van der Waals surface area contributed by atoms with Crippen molar-refractivity contribution >= 4 is 11.7 Å². The van der Waals surface area contributed by atoms with Crippen LogP contribution in [0.1, 0.15) is 36.8 Å². The summed E-state index contributed by atoms with van der Waals surface area (Å²) in [4.78, 5) is 11.7. The van der Waals surface area contributed by atoms with Crippen molar-refractivity contribution in [1.29, 1.82) is 0 Å². The monoisotopic (exact) mass is 232 g/mol. The molecule has 3 heteroatoms. The van der Waals surface area contributed by atoms with Crippen molar-refractivity contribution < 1.29 is 4.79 Å². The standard InChI is InChI=1S/C14H20N2O/c1-10-7-8-13(9-11(10)2)16-14(17)15-12-5-3-4-6-12/h7-9,12H,3-6H2,1-2H3,(H2,15,16,17). The van der Waals surface area contributed by atoms with Crippen LogP contribution in [0.4, 0.5) is 10.5 Å². The van der Waals surface area contributed by atoms with Gasteiger partial charge in [-0.3, -0.25) is 0 Å². The summed E-state index contributed by atoms with van der Waals surface area (Å²) in [6.07, 6.45) is 4.68. The van der Waals surface area contributed by atoms with Gasteiger partial charge < -0.3 is 10.6 Å². The first-order valence-corrected chi connectivity index (χ1v) is 6.30. The van der Waals surface area contributed by atoms with Crippen molar-refractivity contribution in [3.05, 3.63) is 29.3 Å². The van der Waals surface area contributed by atoms with E-state index in [9.17, 15) is 4.79 Å². The van der Waals surface area contributed by atoms with Crippen LogP contribution in [0.2, 0.25) is 0 Å². The van der Waals surface area contributed by atoms with E-state index in [1.165, 1.54) is 24.0 Å². The van der Waals surface area contributed by atoms with Gasteiger partial charge in [-0.05, 0) is 49.9 Å². The van der Waals surface area contributed by atoms with Crippen molar-refractivity contribution in [3.8, 4) is 0 Å². The number of carbonyl (C=O) groups excluding carboxylic acids is 1. The number of carbonyl (C=O) groups is 1. The van der Waals surface area contributed by atoms with Gasteiger partial charge in [0.25, 0.3) is 0 Å². The van der Waals surface area contributed by atoms with Crippen molar-refractivity contribution in [2.24, 2.45) is 0 Å². The van der Waals surface area contributed by atoms with Gasteiger partial charge in [0, 0.05) is 11.7 Å². The maximum Gasteiger partial charge on any atom is 0.319 e. The van der Waals surface area contributed by atoms with Gasteiger partial charge in [0.05, 0.1) is 0 Å². The summed E-state index contributed by atoms with van der Waals surface area (Å²) in [5, 5.41) is 5.90. The van der Waals surface area contributed by atoms with Crippen LogP contribution in [0, 0.1) is 13.8 Å². The minimum atomic E-state index is -0.0832. The van der Waals surface area contributed by atoms with E-state index in [0.717, 1.165) is 18.5 Å². The molecule has 0 saturated heterocycles. The van der Waals surface area contributed by atoms with E-state index in [0.29, 0.717) is 6.04 Å². The molecular weight excluding hydrogens is 212 g/mol. The highest BCUT2D eigenvalue weighted by Crippen LogP contribution is 2.18. The number of nitrogens with one attached hydrogen (secondary N) is 2. The molecule has 0 unspecified atom stereocenters. The first kappa shape index (κ1) is 12.0. The first-order chi connectivity index (χ1) is 8.15. The Labute approximate surface area is 103 Å². The Hall–Kier alpha value is -1.51. The topological polar surface area (TPSA) is 41.1 Å². The van der Waals surface area contributed by atoms with E-state index < -0.39 is 0 Å². The zero-order chi connectivity index (χ0) is 12.3. The molecule has 0 spiro atoms. The lowest BCUT2D eigenvalue weighted by Crippen LogP contribution is -2.36. The predicted octanol–water partition coefficient (Wildman–Crippen LogP) is 3.37. The molecule has 1 aliphatic rings. The Morgan fingerprint density at radius 1 is 1.18 bits per heavy atom. The van der Waals surface area contributed by atoms with Crippen LogP contribution in [0.15, 0.2) is 18.2 Å². The molecule has 2 rings (SSSR count). The molecule has 1 aliphatic carbocycles. The van der Waals surface area contributed by atoms with E-state index in [1.54, 1.807) is 0 Å². The van der Waals surface area contributed by atoms with Gasteiger partial charge in [-0.25, -0.2) is 4.79 Å². The molecule has 1 aromatic carbocycles. The molecule has 1 aromatic rings. The lowest BCUT2D eigenvalue weighted by atomic mass is 10.1. The SMILES string of the molecule is Cc1ccc(NC(=O)NC2CCCC2)cc1C. The van der Waals surface area contributed by atoms with E-state index in [4.69, 9.17) is 0 Å². The highest BCUT2D eigenvalue weighted by molar-refractivity contribution is 5.89. The van der Waals surface area contributed by atoms with Crippen LogP contribution in [-0.2, 0) is 0 Å². The van der Waals surface area contributed by atoms with Crippen molar-refractivity contribution in [2.75, 3.05) is 5.32 Å². The highest BCUT2D eigenvalue weighted by Gasteiger charge is 2.16. The molecule has 0 aromatic heterocycles. The number of amides is 2. The summed E-state index contributed by atoms with van der Waals surface area (Å²) < 4.78 is 0. The van der Waals surface area contributed by atoms with Gasteiger partial charge in [0.1, 0.15) is 0 Å². The smallest absolute Gasteiger partial charge is 0.319 e. The summed E-state index contributed by atoms with van der Waals surface area (Å²) in [5.41, 5.74) is 3.30. The fourth-order valence-corrected chi connectivity index (χ4v) is 2.24. The molecule has 17 heavy (non-hydrogen) atoms. The Morgan fingerprint density at radius 2 is 1.88 bits per heavy atom. The van der Waals surface area contributed by atoms with Gasteiger partial charge in [-0.1, -0.05) is 18.9 Å². The lowest BCUT2D eigenvalue weighted by molar-refractivity contribution is 0.248. The average molecular weight is 232 g/mol. The van der Waals surface area contributed by atoms with Gasteiger partial charge in [0.15, 0.2) is 0 Å². The lowest BCUT2D eigenvalue weighted by Gasteiger charge is -2.13. The van der Waals surface area contributed by atoms with E-state index in [1.807, 2.05) is 18.2 Å². The normalized spacial score (nSPS) is 15.9. The van der Waals surface area contributed by atoms with E-state index in [-0.39, 0.29) is 6.03 Å². The summed E-state index contributed by atoms with van der Waals surface area (Å²) in [7, 11) is 0. The second-order valence-electron chi connectivity index (χ2n) is 4.88. The Bertz CT molecular complexity index is 409. The third-order valence-electron chi connectivity index (χ3n) is 3.46. The minimum Gasteiger partial charge on any atom is -0.335 e. The maximum absolute atomic E-state index is 11.7. The number of hydrogen-bond acceptors (Lipinski definition) is 1. The number of anilines is 1. The molecule has 3 nitrogen and oxygen atoms in total. The van der Waals surface area contributed by atoms with Crippen LogP contribution in [0.3, 0.4) is 0 Å². The molecule has 92 valence electrons. The first-order valence-electron chi connectivity index (χ1n) is 6.30. The van der Waals surface area contributed by atoms with E-state index >= 15 is 0 Å². The Balaban J connectivity index is 1.90. The summed E-state index contributed by atoms with van der Waals surface area (Å²) in [6, 6.07) is 6.25. The van der Waals surface area contributed by atoms with Crippen molar-refractivity contribution in [3.63, 3.8) is 0 Å². The zero-order valence-electron chi connectivity index (χ0n) is 10.5. The molecule has 0 radical (unpaired) electrons. The average Bonchev–Trinajstić information content (AvgIpc) is 2.76. The molecule has 0 bridgehead atoms. The molecule has 2 N–H and O–H groups in total. The fraction of sp³-hybridized carbons (Fsp3) is 0.500. The third kappa shape index (κ3) is 3.22. The summed E-state index contributed by atoms with van der Waals surface area (Å²) in [5.74, 6) is 0. The molecule has 0 heterocycles. The zero-order valence-corrected chi connectivity index (χ0v) is 10.5. The summed E-state index contributed by atoms with van der Waals surface area (Å²) in [6.45, 7) is 4.12. The van der Waals surface area contributed by atoms with Gasteiger partial charge in [-0.2, -0.15) is 0 Å². The van der Waals surface area contributed by atoms with Crippen LogP contribution in [0.5, 0.6) is 0 Å². The van der Waals surface area contributed by atoms with Crippen LogP contribution in [-0.4, -0.2) is 12.1 Å². The fourth-order valence-electron chi connectivity index (χ4n) is 2.24. The largest absolute Gasteiger partial charge is 0.335 e. The Kier molecular flexibility index (Phi) is 3.67. The predicted molar refractivity (Wildman–Crippen MR) is 70.3 cm³/mol. The van der Waals surface area contributed by atoms with E-state index in [2.05, 4.69) is 24.5 Å². The Morgan fingerprint density at radius 3 is 2.53 bits per heavy atom. The van der Waals surface area contributed by atoms with Crippen LogP contribution < -0.4 is 10.6 Å². The molecule has 1 fully saturated rings. The molecule has 0 atom stereocenters. The van der Waals surface area contributed by atoms with Crippen LogP contribution >= 0.6 is 0 Å². The minimum absolute atomic E-state index is 0.0832. The maximum atomic E-state index is 11.7. The molecule has 1 saturated carbocycles. The second-order valence-corrected chi connectivity index (χ2v) is 4.88. The molecular formula is C14H20N2O. The highest BCUT2D eigenvalue weighted by atomic mass is 16.2. The number of hydrogen-bond donors (Lipinski definition) is 2. The summed E-state index contributed by atoms with van der Waals surface area (Å²) >= 11 is 0. The number of urea groups is 1. The number of rotatable bonds is 2.